The number of carbonyl (C=O) groups excluding carboxylic acids is 1. The third kappa shape index (κ3) is 2.82. The van der Waals surface area contributed by atoms with Crippen molar-refractivity contribution < 1.29 is 14.3 Å². The topological polar surface area (TPSA) is 40.5 Å². The van der Waals surface area contributed by atoms with Crippen molar-refractivity contribution in [3.63, 3.8) is 0 Å². The number of aliphatic hydroxyl groups excluding tert-OH is 1. The normalized spacial score (nSPS) is 21.4. The van der Waals surface area contributed by atoms with Gasteiger partial charge in [-0.2, -0.15) is 0 Å². The number of halogens is 2. The molecule has 0 spiro atoms. The molecule has 1 amide bonds. The Hall–Kier alpha value is -1.13. The van der Waals surface area contributed by atoms with E-state index in [-0.39, 0.29) is 29.8 Å². The Kier molecular flexibility index (Phi) is 4.19. The molecule has 5 heteroatoms. The van der Waals surface area contributed by atoms with Gasteiger partial charge in [0.05, 0.1) is 11.4 Å². The largest absolute Gasteiger partial charge is 0.396 e. The maximum absolute atomic E-state index is 12.9. The van der Waals surface area contributed by atoms with Gasteiger partial charge in [0.2, 0.25) is 5.91 Å². The van der Waals surface area contributed by atoms with Crippen LogP contribution >= 0.6 is 11.6 Å². The number of hydrogen-bond acceptors (Lipinski definition) is 2. The Morgan fingerprint density at radius 3 is 2.61 bits per heavy atom. The average molecular weight is 272 g/mol. The molecule has 1 aliphatic rings. The van der Waals surface area contributed by atoms with E-state index >= 15 is 0 Å². The maximum Gasteiger partial charge on any atom is 0.224 e. The van der Waals surface area contributed by atoms with Gasteiger partial charge in [0.25, 0.3) is 0 Å². The molecular formula is C13H15ClFNO2. The first-order valence-electron chi connectivity index (χ1n) is 5.91. The summed E-state index contributed by atoms with van der Waals surface area (Å²) in [5.74, 6) is -0.331. The first kappa shape index (κ1) is 13.3. The molecule has 1 N–H and O–H groups in total. The molecule has 0 saturated carbocycles. The summed E-state index contributed by atoms with van der Waals surface area (Å²) in [6, 6.07) is 5.78. The summed E-state index contributed by atoms with van der Waals surface area (Å²) in [5.41, 5.74) is 0.824. The fourth-order valence-corrected chi connectivity index (χ4v) is 2.58. The van der Waals surface area contributed by atoms with E-state index in [2.05, 4.69) is 0 Å². The van der Waals surface area contributed by atoms with Crippen LogP contribution in [0, 0.1) is 5.82 Å². The summed E-state index contributed by atoms with van der Waals surface area (Å²) >= 11 is 5.97. The van der Waals surface area contributed by atoms with Crippen molar-refractivity contribution in [1.29, 1.82) is 0 Å². The number of carbonyl (C=O) groups is 1. The molecule has 0 radical (unpaired) electrons. The lowest BCUT2D eigenvalue weighted by Gasteiger charge is -2.28. The second-order valence-electron chi connectivity index (χ2n) is 4.43. The molecule has 1 heterocycles. The van der Waals surface area contributed by atoms with Gasteiger partial charge in [0.1, 0.15) is 5.82 Å². The van der Waals surface area contributed by atoms with Crippen LogP contribution in [-0.2, 0) is 4.79 Å². The first-order chi connectivity index (χ1) is 8.61. The Morgan fingerprint density at radius 1 is 1.44 bits per heavy atom. The number of hydrogen-bond donors (Lipinski definition) is 1. The van der Waals surface area contributed by atoms with Gasteiger partial charge in [0.15, 0.2) is 0 Å². The van der Waals surface area contributed by atoms with Crippen LogP contribution in [0.3, 0.4) is 0 Å². The van der Waals surface area contributed by atoms with Crippen molar-refractivity contribution in [3.8, 4) is 0 Å². The Labute approximate surface area is 110 Å². The SMILES string of the molecule is O=C1CC(Cl)CN1C(CCO)c1ccc(F)cc1. The van der Waals surface area contributed by atoms with Crippen LogP contribution in [0.25, 0.3) is 0 Å². The van der Waals surface area contributed by atoms with Crippen molar-refractivity contribution in [3.05, 3.63) is 35.6 Å². The number of alkyl halides is 1. The number of rotatable bonds is 4. The van der Waals surface area contributed by atoms with Gasteiger partial charge >= 0.3 is 0 Å². The van der Waals surface area contributed by atoms with Gasteiger partial charge in [-0.15, -0.1) is 11.6 Å². The van der Waals surface area contributed by atoms with E-state index in [1.54, 1.807) is 17.0 Å². The van der Waals surface area contributed by atoms with Crippen molar-refractivity contribution in [2.24, 2.45) is 0 Å². The molecule has 1 saturated heterocycles. The fraction of sp³-hybridized carbons (Fsp3) is 0.462. The molecule has 0 aliphatic carbocycles. The lowest BCUT2D eigenvalue weighted by atomic mass is 10.0. The zero-order valence-corrected chi connectivity index (χ0v) is 10.6. The first-order valence-corrected chi connectivity index (χ1v) is 6.35. The van der Waals surface area contributed by atoms with Gasteiger partial charge in [-0.05, 0) is 24.1 Å². The molecule has 1 aromatic rings. The van der Waals surface area contributed by atoms with Crippen molar-refractivity contribution in [2.45, 2.75) is 24.3 Å². The number of aliphatic hydroxyl groups is 1. The van der Waals surface area contributed by atoms with E-state index < -0.39 is 0 Å². The molecular weight excluding hydrogens is 257 g/mol. The minimum atomic E-state index is -0.315. The Balaban J connectivity index is 2.22. The number of amides is 1. The summed E-state index contributed by atoms with van der Waals surface area (Å²) < 4.78 is 12.9. The summed E-state index contributed by atoms with van der Waals surface area (Å²) in [7, 11) is 0. The van der Waals surface area contributed by atoms with Gasteiger partial charge in [0, 0.05) is 19.6 Å². The van der Waals surface area contributed by atoms with E-state index in [1.165, 1.54) is 12.1 Å². The third-order valence-corrected chi connectivity index (χ3v) is 3.44. The highest BCUT2D eigenvalue weighted by atomic mass is 35.5. The second kappa shape index (κ2) is 5.67. The molecule has 2 atom stereocenters. The van der Waals surface area contributed by atoms with Crippen LogP contribution < -0.4 is 0 Å². The van der Waals surface area contributed by atoms with Crippen LogP contribution in [0.1, 0.15) is 24.4 Å². The summed E-state index contributed by atoms with van der Waals surface area (Å²) in [6.07, 6.45) is 0.756. The number of likely N-dealkylation sites (tertiary alicyclic amines) is 1. The smallest absolute Gasteiger partial charge is 0.224 e. The molecule has 98 valence electrons. The zero-order valence-electron chi connectivity index (χ0n) is 9.85. The third-order valence-electron chi connectivity index (χ3n) is 3.14. The van der Waals surface area contributed by atoms with Crippen molar-refractivity contribution in [1.82, 2.24) is 4.90 Å². The van der Waals surface area contributed by atoms with Crippen LogP contribution in [0.4, 0.5) is 4.39 Å². The lowest BCUT2D eigenvalue weighted by Crippen LogP contribution is -2.31. The molecule has 2 unspecified atom stereocenters. The molecule has 18 heavy (non-hydrogen) atoms. The van der Waals surface area contributed by atoms with Gasteiger partial charge in [-0.3, -0.25) is 4.79 Å². The highest BCUT2D eigenvalue weighted by Gasteiger charge is 2.33. The molecule has 1 aliphatic heterocycles. The van der Waals surface area contributed by atoms with Gasteiger partial charge in [-0.25, -0.2) is 4.39 Å². The fourth-order valence-electron chi connectivity index (χ4n) is 2.30. The number of benzene rings is 1. The van der Waals surface area contributed by atoms with E-state index in [4.69, 9.17) is 16.7 Å². The lowest BCUT2D eigenvalue weighted by molar-refractivity contribution is -0.130. The van der Waals surface area contributed by atoms with E-state index in [0.29, 0.717) is 19.4 Å². The highest BCUT2D eigenvalue weighted by molar-refractivity contribution is 6.22. The molecule has 0 aromatic heterocycles. The quantitative estimate of drug-likeness (QED) is 0.852. The van der Waals surface area contributed by atoms with E-state index in [1.807, 2.05) is 0 Å². The zero-order chi connectivity index (χ0) is 13.1. The van der Waals surface area contributed by atoms with Crippen molar-refractivity contribution in [2.75, 3.05) is 13.2 Å². The molecule has 1 aromatic carbocycles. The van der Waals surface area contributed by atoms with Gasteiger partial charge in [-0.1, -0.05) is 12.1 Å². The van der Waals surface area contributed by atoms with E-state index in [9.17, 15) is 9.18 Å². The molecule has 1 fully saturated rings. The molecule has 0 bridgehead atoms. The minimum absolute atomic E-state index is 0.0159. The van der Waals surface area contributed by atoms with Crippen molar-refractivity contribution >= 4 is 17.5 Å². The minimum Gasteiger partial charge on any atom is -0.396 e. The van der Waals surface area contributed by atoms with Crippen LogP contribution in [0.15, 0.2) is 24.3 Å². The standard InChI is InChI=1S/C13H15ClFNO2/c14-10-7-13(18)16(8-10)12(5-6-17)9-1-3-11(15)4-2-9/h1-4,10,12,17H,5-8H2. The molecule has 2 rings (SSSR count). The maximum atomic E-state index is 12.9. The molecule has 3 nitrogen and oxygen atoms in total. The van der Waals surface area contributed by atoms with Gasteiger partial charge < -0.3 is 10.0 Å². The van der Waals surface area contributed by atoms with Crippen LogP contribution in [-0.4, -0.2) is 34.4 Å². The summed E-state index contributed by atoms with van der Waals surface area (Å²) in [4.78, 5) is 13.5. The summed E-state index contributed by atoms with van der Waals surface area (Å²) in [6.45, 7) is 0.446. The highest BCUT2D eigenvalue weighted by Crippen LogP contribution is 2.30. The monoisotopic (exact) mass is 271 g/mol. The predicted octanol–water partition coefficient (Wildman–Crippen LogP) is 2.09. The second-order valence-corrected chi connectivity index (χ2v) is 5.04. The Morgan fingerprint density at radius 2 is 2.11 bits per heavy atom. The average Bonchev–Trinajstić information content (AvgIpc) is 2.67. The van der Waals surface area contributed by atoms with Crippen LogP contribution in [0.2, 0.25) is 0 Å². The van der Waals surface area contributed by atoms with E-state index in [0.717, 1.165) is 5.56 Å². The number of nitrogens with zero attached hydrogens (tertiary/aromatic N) is 1. The summed E-state index contributed by atoms with van der Waals surface area (Å²) in [5, 5.41) is 8.94. The Bertz CT molecular complexity index is 424. The van der Waals surface area contributed by atoms with Crippen LogP contribution in [0.5, 0.6) is 0 Å². The predicted molar refractivity (Wildman–Crippen MR) is 66.8 cm³/mol.